The molecule has 0 spiro atoms. The van der Waals surface area contributed by atoms with Gasteiger partial charge < -0.3 is 11.1 Å². The molecule has 1 aromatic carbocycles. The topological polar surface area (TPSA) is 98.2 Å². The average molecular weight is 257 g/mol. The van der Waals surface area contributed by atoms with Gasteiger partial charge in [-0.1, -0.05) is 19.1 Å². The summed E-state index contributed by atoms with van der Waals surface area (Å²) in [6.45, 7) is 2.64. The fourth-order valence-corrected chi connectivity index (χ4v) is 2.17. The molecule has 0 aliphatic carbocycles. The summed E-state index contributed by atoms with van der Waals surface area (Å²) in [5.74, 6) is 0. The van der Waals surface area contributed by atoms with E-state index >= 15 is 0 Å². The Labute approximate surface area is 102 Å². The normalized spacial score (nSPS) is 13.4. The molecule has 0 saturated carbocycles. The van der Waals surface area contributed by atoms with Crippen LogP contribution >= 0.6 is 0 Å². The summed E-state index contributed by atoms with van der Waals surface area (Å²) in [7, 11) is -3.68. The number of hydrogen-bond donors (Lipinski definition) is 3. The molecule has 0 amide bonds. The van der Waals surface area contributed by atoms with Gasteiger partial charge >= 0.3 is 0 Å². The van der Waals surface area contributed by atoms with Crippen molar-refractivity contribution in [3.63, 3.8) is 0 Å². The molecule has 0 heterocycles. The van der Waals surface area contributed by atoms with E-state index in [4.69, 9.17) is 10.9 Å². The number of nitrogens with two attached hydrogens (primary N) is 2. The molecule has 0 aromatic heterocycles. The molecular weight excluding hydrogens is 238 g/mol. The van der Waals surface area contributed by atoms with Crippen LogP contribution in [0.3, 0.4) is 0 Å². The molecule has 1 atom stereocenters. The Hall–Kier alpha value is -1.11. The van der Waals surface area contributed by atoms with Crippen LogP contribution in [0.5, 0.6) is 0 Å². The molecule has 17 heavy (non-hydrogen) atoms. The number of sulfonamides is 1. The van der Waals surface area contributed by atoms with Gasteiger partial charge in [-0.05, 0) is 25.0 Å². The third-order valence-corrected chi connectivity index (χ3v) is 3.52. The lowest BCUT2D eigenvalue weighted by Crippen LogP contribution is -2.23. The van der Waals surface area contributed by atoms with Crippen LogP contribution in [-0.2, 0) is 10.0 Å². The minimum Gasteiger partial charge on any atom is -0.384 e. The van der Waals surface area contributed by atoms with Gasteiger partial charge in [-0.15, -0.1) is 0 Å². The molecule has 0 aliphatic rings. The quantitative estimate of drug-likeness (QED) is 0.704. The third-order valence-electron chi connectivity index (χ3n) is 2.55. The summed E-state index contributed by atoms with van der Waals surface area (Å²) in [4.78, 5) is 0.116. The van der Waals surface area contributed by atoms with Gasteiger partial charge in [-0.25, -0.2) is 13.6 Å². The second-order valence-corrected chi connectivity index (χ2v) is 5.45. The smallest absolute Gasteiger partial charge is 0.240 e. The van der Waals surface area contributed by atoms with E-state index in [-0.39, 0.29) is 10.9 Å². The first-order valence-electron chi connectivity index (χ1n) is 5.56. The van der Waals surface area contributed by atoms with Crippen LogP contribution < -0.4 is 16.2 Å². The van der Waals surface area contributed by atoms with Crippen LogP contribution in [0, 0.1) is 0 Å². The SMILES string of the molecule is CCC(N)CCNc1ccccc1S(N)(=O)=O. The van der Waals surface area contributed by atoms with Gasteiger partial charge in [0.05, 0.1) is 5.69 Å². The van der Waals surface area contributed by atoms with Gasteiger partial charge in [0.25, 0.3) is 0 Å². The summed E-state index contributed by atoms with van der Waals surface area (Å²) in [6.07, 6.45) is 1.69. The minimum absolute atomic E-state index is 0.116. The summed E-state index contributed by atoms with van der Waals surface area (Å²) < 4.78 is 22.6. The number of anilines is 1. The number of benzene rings is 1. The Morgan fingerprint density at radius 1 is 1.35 bits per heavy atom. The average Bonchev–Trinajstić information content (AvgIpc) is 2.28. The van der Waals surface area contributed by atoms with Gasteiger partial charge in [0, 0.05) is 12.6 Å². The monoisotopic (exact) mass is 257 g/mol. The van der Waals surface area contributed by atoms with E-state index < -0.39 is 10.0 Å². The second-order valence-electron chi connectivity index (χ2n) is 3.92. The summed E-state index contributed by atoms with van der Waals surface area (Å²) >= 11 is 0. The largest absolute Gasteiger partial charge is 0.384 e. The zero-order chi connectivity index (χ0) is 12.9. The van der Waals surface area contributed by atoms with Gasteiger partial charge in [0.2, 0.25) is 10.0 Å². The highest BCUT2D eigenvalue weighted by molar-refractivity contribution is 7.89. The Bertz CT molecular complexity index is 460. The molecule has 5 N–H and O–H groups in total. The van der Waals surface area contributed by atoms with Crippen molar-refractivity contribution in [2.24, 2.45) is 10.9 Å². The fraction of sp³-hybridized carbons (Fsp3) is 0.455. The molecule has 1 aromatic rings. The molecule has 1 rings (SSSR count). The van der Waals surface area contributed by atoms with Crippen LogP contribution in [0.4, 0.5) is 5.69 Å². The molecular formula is C11H19N3O2S. The highest BCUT2D eigenvalue weighted by Crippen LogP contribution is 2.19. The zero-order valence-corrected chi connectivity index (χ0v) is 10.7. The molecule has 5 nitrogen and oxygen atoms in total. The maximum atomic E-state index is 11.3. The van der Waals surface area contributed by atoms with Crippen molar-refractivity contribution < 1.29 is 8.42 Å². The molecule has 0 fully saturated rings. The van der Waals surface area contributed by atoms with Crippen molar-refractivity contribution >= 4 is 15.7 Å². The van der Waals surface area contributed by atoms with Gasteiger partial charge in [-0.3, -0.25) is 0 Å². The highest BCUT2D eigenvalue weighted by atomic mass is 32.2. The molecule has 0 bridgehead atoms. The van der Waals surface area contributed by atoms with Gasteiger partial charge in [-0.2, -0.15) is 0 Å². The number of hydrogen-bond acceptors (Lipinski definition) is 4. The first kappa shape index (κ1) is 14.0. The maximum absolute atomic E-state index is 11.3. The van der Waals surface area contributed by atoms with Crippen molar-refractivity contribution in [2.75, 3.05) is 11.9 Å². The Morgan fingerprint density at radius 3 is 2.59 bits per heavy atom. The van der Waals surface area contributed by atoms with Gasteiger partial charge in [0.1, 0.15) is 4.90 Å². The summed E-state index contributed by atoms with van der Waals surface area (Å²) in [6, 6.07) is 6.71. The van der Waals surface area contributed by atoms with E-state index in [9.17, 15) is 8.42 Å². The Morgan fingerprint density at radius 2 is 2.00 bits per heavy atom. The van der Waals surface area contributed by atoms with Crippen LogP contribution in [0.15, 0.2) is 29.2 Å². The zero-order valence-electron chi connectivity index (χ0n) is 9.89. The van der Waals surface area contributed by atoms with E-state index in [0.29, 0.717) is 12.2 Å². The standard InChI is InChI=1S/C11H19N3O2S/c1-2-9(12)7-8-14-10-5-3-4-6-11(10)17(13,15)16/h3-6,9,14H,2,7-8,12H2,1H3,(H2,13,15,16). The maximum Gasteiger partial charge on any atom is 0.240 e. The van der Waals surface area contributed by atoms with Crippen molar-refractivity contribution in [1.82, 2.24) is 0 Å². The molecule has 96 valence electrons. The molecule has 1 unspecified atom stereocenters. The van der Waals surface area contributed by atoms with Crippen molar-refractivity contribution in [3.05, 3.63) is 24.3 Å². The van der Waals surface area contributed by atoms with Crippen LogP contribution in [0.2, 0.25) is 0 Å². The van der Waals surface area contributed by atoms with Crippen molar-refractivity contribution in [3.8, 4) is 0 Å². The number of para-hydroxylation sites is 1. The summed E-state index contributed by atoms with van der Waals surface area (Å²) in [5, 5.41) is 8.17. The number of nitrogens with one attached hydrogen (secondary N) is 1. The summed E-state index contributed by atoms with van der Waals surface area (Å²) in [5.41, 5.74) is 6.30. The molecule has 0 saturated heterocycles. The number of primary sulfonamides is 1. The lowest BCUT2D eigenvalue weighted by Gasteiger charge is -2.12. The van der Waals surface area contributed by atoms with E-state index in [0.717, 1.165) is 12.8 Å². The lowest BCUT2D eigenvalue weighted by atomic mass is 10.2. The predicted octanol–water partition coefficient (Wildman–Crippen LogP) is 0.873. The van der Waals surface area contributed by atoms with Crippen molar-refractivity contribution in [1.29, 1.82) is 0 Å². The third kappa shape index (κ3) is 4.33. The molecule has 6 heteroatoms. The van der Waals surface area contributed by atoms with Crippen LogP contribution in [0.25, 0.3) is 0 Å². The van der Waals surface area contributed by atoms with Crippen molar-refractivity contribution in [2.45, 2.75) is 30.7 Å². The Balaban J connectivity index is 2.72. The van der Waals surface area contributed by atoms with E-state index in [1.807, 2.05) is 6.92 Å². The predicted molar refractivity (Wildman–Crippen MR) is 69.2 cm³/mol. The van der Waals surface area contributed by atoms with Gasteiger partial charge in [0.15, 0.2) is 0 Å². The minimum atomic E-state index is -3.68. The highest BCUT2D eigenvalue weighted by Gasteiger charge is 2.12. The lowest BCUT2D eigenvalue weighted by molar-refractivity contribution is 0.597. The molecule has 0 radical (unpaired) electrons. The van der Waals surface area contributed by atoms with Crippen LogP contribution in [0.1, 0.15) is 19.8 Å². The van der Waals surface area contributed by atoms with E-state index in [1.165, 1.54) is 6.07 Å². The van der Waals surface area contributed by atoms with E-state index in [2.05, 4.69) is 5.32 Å². The molecule has 0 aliphatic heterocycles. The number of rotatable bonds is 6. The first-order valence-corrected chi connectivity index (χ1v) is 7.11. The van der Waals surface area contributed by atoms with E-state index in [1.54, 1.807) is 18.2 Å². The second kappa shape index (κ2) is 6.00. The van der Waals surface area contributed by atoms with Crippen LogP contribution in [-0.4, -0.2) is 21.0 Å². The Kier molecular flexibility index (Phi) is 4.92. The first-order chi connectivity index (χ1) is 7.95. The fourth-order valence-electron chi connectivity index (χ4n) is 1.46.